The molecule has 0 spiro atoms. The van der Waals surface area contributed by atoms with Crippen LogP contribution in [0.15, 0.2) is 65.7 Å². The van der Waals surface area contributed by atoms with Gasteiger partial charge in [-0.1, -0.05) is 18.2 Å². The Kier molecular flexibility index (Phi) is 5.87. The molecule has 1 N–H and O–H groups in total. The standard InChI is InChI=1S/C25H20F3N3O3/c1-14-7-9-16(25(26,27)28)11-19(14)23(32)30-17-10-8-15(2)20(12-17)31-13-29-22-18(24(31)33)5-4-6-21(22)34-3/h4-13H,1-3H3,(H,30,32). The van der Waals surface area contributed by atoms with Crippen molar-refractivity contribution in [3.63, 3.8) is 0 Å². The molecule has 0 aliphatic heterocycles. The SMILES string of the molecule is COc1cccc2c(=O)n(-c3cc(NC(=O)c4cc(C(F)(F)F)ccc4C)ccc3C)cnc12. The predicted molar refractivity (Wildman–Crippen MR) is 123 cm³/mol. The Morgan fingerprint density at radius 3 is 2.47 bits per heavy atom. The molecule has 0 aliphatic rings. The number of fused-ring (bicyclic) bond motifs is 1. The Bertz CT molecular complexity index is 1480. The molecule has 0 saturated carbocycles. The fourth-order valence-corrected chi connectivity index (χ4v) is 3.65. The summed E-state index contributed by atoms with van der Waals surface area (Å²) in [5.41, 5.74) is 1.03. The van der Waals surface area contributed by atoms with E-state index in [0.717, 1.165) is 17.7 Å². The molecule has 4 rings (SSSR count). The van der Waals surface area contributed by atoms with Crippen molar-refractivity contribution in [2.45, 2.75) is 20.0 Å². The summed E-state index contributed by atoms with van der Waals surface area (Å²) in [5, 5.41) is 2.98. The number of alkyl halides is 3. The van der Waals surface area contributed by atoms with Crippen LogP contribution in [0.2, 0.25) is 0 Å². The molecule has 1 aromatic heterocycles. The first-order chi connectivity index (χ1) is 16.1. The molecule has 0 unspecified atom stereocenters. The summed E-state index contributed by atoms with van der Waals surface area (Å²) in [7, 11) is 1.49. The second kappa shape index (κ2) is 8.66. The predicted octanol–water partition coefficient (Wildman–Crippen LogP) is 5.28. The first kappa shape index (κ1) is 23.0. The highest BCUT2D eigenvalue weighted by Gasteiger charge is 2.31. The lowest BCUT2D eigenvalue weighted by atomic mass is 10.0. The third kappa shape index (κ3) is 4.24. The lowest BCUT2D eigenvalue weighted by Crippen LogP contribution is -2.20. The van der Waals surface area contributed by atoms with Crippen molar-refractivity contribution < 1.29 is 22.7 Å². The van der Waals surface area contributed by atoms with Gasteiger partial charge in [0.05, 0.1) is 23.7 Å². The van der Waals surface area contributed by atoms with Crippen LogP contribution in [0.4, 0.5) is 18.9 Å². The van der Waals surface area contributed by atoms with Crippen LogP contribution in [-0.2, 0) is 6.18 Å². The smallest absolute Gasteiger partial charge is 0.416 e. The van der Waals surface area contributed by atoms with Gasteiger partial charge < -0.3 is 10.1 Å². The number of aromatic nitrogens is 2. The molecule has 0 bridgehead atoms. The van der Waals surface area contributed by atoms with E-state index in [1.54, 1.807) is 50.2 Å². The minimum atomic E-state index is -4.56. The number of benzene rings is 3. The van der Waals surface area contributed by atoms with Crippen molar-refractivity contribution >= 4 is 22.5 Å². The third-order valence-electron chi connectivity index (χ3n) is 5.51. The molecule has 0 fully saturated rings. The van der Waals surface area contributed by atoms with E-state index in [1.165, 1.54) is 24.1 Å². The maximum atomic E-state index is 13.2. The Morgan fingerprint density at radius 1 is 1.03 bits per heavy atom. The number of halogens is 3. The number of methoxy groups -OCH3 is 1. The number of aryl methyl sites for hydroxylation is 2. The first-order valence-corrected chi connectivity index (χ1v) is 10.2. The average molecular weight is 467 g/mol. The molecule has 34 heavy (non-hydrogen) atoms. The van der Waals surface area contributed by atoms with Gasteiger partial charge in [-0.15, -0.1) is 0 Å². The van der Waals surface area contributed by atoms with Crippen molar-refractivity contribution in [3.05, 3.63) is 93.5 Å². The fourth-order valence-electron chi connectivity index (χ4n) is 3.65. The Morgan fingerprint density at radius 2 is 1.76 bits per heavy atom. The van der Waals surface area contributed by atoms with Crippen molar-refractivity contribution in [3.8, 4) is 11.4 Å². The molecule has 0 atom stereocenters. The van der Waals surface area contributed by atoms with Crippen molar-refractivity contribution in [2.75, 3.05) is 12.4 Å². The summed E-state index contributed by atoms with van der Waals surface area (Å²) in [5.74, 6) is -0.219. The fraction of sp³-hybridized carbons (Fsp3) is 0.160. The van der Waals surface area contributed by atoms with Crippen molar-refractivity contribution in [1.29, 1.82) is 0 Å². The number of anilines is 1. The second-order valence-corrected chi connectivity index (χ2v) is 7.76. The number of carbonyl (C=O) groups is 1. The molecule has 9 heteroatoms. The quantitative estimate of drug-likeness (QED) is 0.443. The van der Waals surface area contributed by atoms with Gasteiger partial charge in [-0.25, -0.2) is 4.98 Å². The average Bonchev–Trinajstić information content (AvgIpc) is 2.80. The molecule has 1 amide bonds. The van der Waals surface area contributed by atoms with E-state index in [-0.39, 0.29) is 11.1 Å². The van der Waals surface area contributed by atoms with Gasteiger partial charge in [0.2, 0.25) is 0 Å². The molecule has 0 aliphatic carbocycles. The molecule has 1 heterocycles. The second-order valence-electron chi connectivity index (χ2n) is 7.76. The maximum Gasteiger partial charge on any atom is 0.416 e. The maximum absolute atomic E-state index is 13.2. The molecule has 0 radical (unpaired) electrons. The van der Waals surface area contributed by atoms with Gasteiger partial charge in [0.25, 0.3) is 11.5 Å². The number of amides is 1. The summed E-state index contributed by atoms with van der Waals surface area (Å²) in [6.45, 7) is 3.35. The van der Waals surface area contributed by atoms with Crippen molar-refractivity contribution in [1.82, 2.24) is 9.55 Å². The monoisotopic (exact) mass is 467 g/mol. The number of nitrogens with one attached hydrogen (secondary N) is 1. The highest BCUT2D eigenvalue weighted by atomic mass is 19.4. The van der Waals surface area contributed by atoms with Crippen LogP contribution in [0.25, 0.3) is 16.6 Å². The van der Waals surface area contributed by atoms with Crippen LogP contribution in [0.1, 0.15) is 27.0 Å². The lowest BCUT2D eigenvalue weighted by Gasteiger charge is -2.14. The Labute approximate surface area is 192 Å². The van der Waals surface area contributed by atoms with Crippen LogP contribution in [0.5, 0.6) is 5.75 Å². The summed E-state index contributed by atoms with van der Waals surface area (Å²) in [6, 6.07) is 12.9. The number of rotatable bonds is 4. The molecule has 4 aromatic rings. The Hall–Kier alpha value is -4.14. The molecular formula is C25H20F3N3O3. The minimum absolute atomic E-state index is 0.0893. The van der Waals surface area contributed by atoms with E-state index in [9.17, 15) is 22.8 Å². The van der Waals surface area contributed by atoms with Gasteiger partial charge in [-0.05, 0) is 61.4 Å². The van der Waals surface area contributed by atoms with E-state index in [1.807, 2.05) is 0 Å². The molecule has 174 valence electrons. The molecule has 0 saturated heterocycles. The minimum Gasteiger partial charge on any atom is -0.494 e. The van der Waals surface area contributed by atoms with Crippen LogP contribution in [0, 0.1) is 13.8 Å². The zero-order valence-corrected chi connectivity index (χ0v) is 18.5. The number of hydrogen-bond acceptors (Lipinski definition) is 4. The zero-order valence-electron chi connectivity index (χ0n) is 18.5. The van der Waals surface area contributed by atoms with Gasteiger partial charge in [-0.3, -0.25) is 14.2 Å². The van der Waals surface area contributed by atoms with E-state index >= 15 is 0 Å². The van der Waals surface area contributed by atoms with Gasteiger partial charge in [0.1, 0.15) is 17.6 Å². The number of carbonyl (C=O) groups excluding carboxylic acids is 1. The summed E-state index contributed by atoms with van der Waals surface area (Å²) >= 11 is 0. The van der Waals surface area contributed by atoms with E-state index in [2.05, 4.69) is 10.3 Å². The van der Waals surface area contributed by atoms with E-state index < -0.39 is 17.6 Å². The van der Waals surface area contributed by atoms with E-state index in [0.29, 0.717) is 33.6 Å². The van der Waals surface area contributed by atoms with Crippen LogP contribution in [0.3, 0.4) is 0 Å². The molecular weight excluding hydrogens is 447 g/mol. The summed E-state index contributed by atoms with van der Waals surface area (Å²) in [4.78, 5) is 30.3. The Balaban J connectivity index is 1.73. The number of ether oxygens (including phenoxy) is 1. The van der Waals surface area contributed by atoms with Crippen LogP contribution in [-0.4, -0.2) is 22.6 Å². The highest BCUT2D eigenvalue weighted by Crippen LogP contribution is 2.31. The highest BCUT2D eigenvalue weighted by molar-refractivity contribution is 6.05. The topological polar surface area (TPSA) is 73.2 Å². The number of hydrogen-bond donors (Lipinski definition) is 1. The first-order valence-electron chi connectivity index (χ1n) is 10.2. The van der Waals surface area contributed by atoms with Gasteiger partial charge in [0.15, 0.2) is 0 Å². The van der Waals surface area contributed by atoms with Gasteiger partial charge in [-0.2, -0.15) is 13.2 Å². The van der Waals surface area contributed by atoms with Crippen LogP contribution >= 0.6 is 0 Å². The normalized spacial score (nSPS) is 11.5. The largest absolute Gasteiger partial charge is 0.494 e. The van der Waals surface area contributed by atoms with E-state index in [4.69, 9.17) is 4.74 Å². The molecule has 6 nitrogen and oxygen atoms in total. The molecule has 3 aromatic carbocycles. The number of nitrogens with zero attached hydrogens (tertiary/aromatic N) is 2. The summed E-state index contributed by atoms with van der Waals surface area (Å²) < 4.78 is 45.9. The number of para-hydroxylation sites is 1. The lowest BCUT2D eigenvalue weighted by molar-refractivity contribution is -0.137. The van der Waals surface area contributed by atoms with Crippen molar-refractivity contribution in [2.24, 2.45) is 0 Å². The van der Waals surface area contributed by atoms with Gasteiger partial charge >= 0.3 is 6.18 Å². The van der Waals surface area contributed by atoms with Gasteiger partial charge in [0, 0.05) is 11.3 Å². The zero-order chi connectivity index (χ0) is 24.6. The van der Waals surface area contributed by atoms with Crippen LogP contribution < -0.4 is 15.6 Å². The summed E-state index contributed by atoms with van der Waals surface area (Å²) in [6.07, 6.45) is -3.19. The third-order valence-corrected chi connectivity index (χ3v) is 5.51.